The third-order valence-corrected chi connectivity index (χ3v) is 15.6. The van der Waals surface area contributed by atoms with Crippen LogP contribution in [0.25, 0.3) is 0 Å². The Morgan fingerprint density at radius 1 is 0.253 bits per heavy atom. The van der Waals surface area contributed by atoms with Gasteiger partial charge in [0.25, 0.3) is 0 Å². The van der Waals surface area contributed by atoms with Crippen LogP contribution in [0.3, 0.4) is 0 Å². The normalized spacial score (nSPS) is 12.7. The zero-order valence-corrected chi connectivity index (χ0v) is 54.9. The summed E-state index contributed by atoms with van der Waals surface area (Å²) in [7, 11) is 0. The minimum absolute atomic E-state index is 0.0771. The van der Waals surface area contributed by atoms with E-state index >= 15 is 0 Å². The fourth-order valence-corrected chi connectivity index (χ4v) is 10.3. The molecule has 0 saturated heterocycles. The third kappa shape index (κ3) is 69.0. The second-order valence-electron chi connectivity index (χ2n) is 23.8. The van der Waals surface area contributed by atoms with E-state index in [-0.39, 0.29) is 31.1 Å². The smallest absolute Gasteiger partial charge is 0.306 e. The van der Waals surface area contributed by atoms with E-state index in [1.54, 1.807) is 0 Å². The van der Waals surface area contributed by atoms with E-state index < -0.39 is 6.10 Å². The number of carbonyl (C=O) groups excluding carboxylic acids is 3. The van der Waals surface area contributed by atoms with E-state index in [1.807, 2.05) is 0 Å². The van der Waals surface area contributed by atoms with Gasteiger partial charge in [-0.3, -0.25) is 14.4 Å². The highest BCUT2D eigenvalue weighted by atomic mass is 16.6. The van der Waals surface area contributed by atoms with Crippen LogP contribution in [0, 0.1) is 0 Å². The zero-order chi connectivity index (χ0) is 59.9. The van der Waals surface area contributed by atoms with E-state index in [0.717, 1.165) is 122 Å². The van der Waals surface area contributed by atoms with Crippen LogP contribution in [0.15, 0.2) is 97.2 Å². The lowest BCUT2D eigenvalue weighted by Crippen LogP contribution is -2.30. The summed E-state index contributed by atoms with van der Waals surface area (Å²) in [5, 5.41) is 0. The van der Waals surface area contributed by atoms with Gasteiger partial charge in [-0.2, -0.15) is 0 Å². The summed E-state index contributed by atoms with van der Waals surface area (Å²) < 4.78 is 16.8. The minimum atomic E-state index is -0.777. The molecule has 0 heterocycles. The van der Waals surface area contributed by atoms with Crippen LogP contribution in [0.4, 0.5) is 0 Å². The van der Waals surface area contributed by atoms with E-state index in [1.165, 1.54) is 193 Å². The monoisotopic (exact) mass is 1160 g/mol. The lowest BCUT2D eigenvalue weighted by atomic mass is 10.0. The molecule has 0 radical (unpaired) electrons. The third-order valence-electron chi connectivity index (χ3n) is 15.6. The van der Waals surface area contributed by atoms with Crippen molar-refractivity contribution >= 4 is 17.9 Å². The second-order valence-corrected chi connectivity index (χ2v) is 23.8. The van der Waals surface area contributed by atoms with Crippen molar-refractivity contribution in [1.82, 2.24) is 0 Å². The van der Waals surface area contributed by atoms with Crippen molar-refractivity contribution in [1.29, 1.82) is 0 Å². The Morgan fingerprint density at radius 2 is 0.470 bits per heavy atom. The lowest BCUT2D eigenvalue weighted by Gasteiger charge is -2.18. The van der Waals surface area contributed by atoms with Crippen molar-refractivity contribution in [3.05, 3.63) is 97.2 Å². The molecule has 83 heavy (non-hydrogen) atoms. The van der Waals surface area contributed by atoms with Crippen LogP contribution in [-0.4, -0.2) is 37.2 Å². The van der Waals surface area contributed by atoms with Crippen LogP contribution in [0.1, 0.15) is 355 Å². The van der Waals surface area contributed by atoms with Gasteiger partial charge in [-0.05, 0) is 83.5 Å². The standard InChI is InChI=1S/C77H134O6/c1-4-7-10-13-15-17-19-21-23-25-27-29-31-33-35-36-37-38-39-40-42-43-45-47-49-51-53-55-57-59-61-64-67-70-76(79)82-73-74(72-81-75(78)69-66-63-12-9-6-3)83-77(80)71-68-65-62-60-58-56-54-52-50-48-46-44-41-34-32-30-28-26-24-22-20-18-16-14-11-8-5-2/h7,10,15,17,21,23,27,29,33,35,37-38,40,42,45,47,74H,4-6,8-9,11-14,16,18-20,22,24-26,28,30-32,34,36,39,41,43-44,46,48-73H2,1-3H3/b10-7-,17-15-,23-21-,29-27-,35-33-,38-37-,42-40-,47-45-. The zero-order valence-electron chi connectivity index (χ0n) is 54.9. The first-order chi connectivity index (χ1) is 41.0. The molecule has 1 unspecified atom stereocenters. The molecule has 0 aromatic rings. The van der Waals surface area contributed by atoms with Crippen LogP contribution >= 0.6 is 0 Å². The number of esters is 3. The number of allylic oxidation sites excluding steroid dienone is 16. The van der Waals surface area contributed by atoms with Crippen LogP contribution in [0.5, 0.6) is 0 Å². The molecule has 0 saturated carbocycles. The van der Waals surface area contributed by atoms with Crippen molar-refractivity contribution in [2.24, 2.45) is 0 Å². The Kier molecular flexibility index (Phi) is 67.7. The molecular formula is C77H134O6. The Morgan fingerprint density at radius 3 is 0.735 bits per heavy atom. The molecule has 0 amide bonds. The van der Waals surface area contributed by atoms with Crippen molar-refractivity contribution < 1.29 is 28.6 Å². The van der Waals surface area contributed by atoms with Gasteiger partial charge in [0.2, 0.25) is 0 Å². The number of carbonyl (C=O) groups is 3. The Hall–Kier alpha value is -3.67. The summed E-state index contributed by atoms with van der Waals surface area (Å²) in [6.45, 7) is 6.48. The Bertz CT molecular complexity index is 1610. The predicted octanol–water partition coefficient (Wildman–Crippen LogP) is 24.8. The highest BCUT2D eigenvalue weighted by Gasteiger charge is 2.19. The van der Waals surface area contributed by atoms with E-state index in [2.05, 4.69) is 118 Å². The van der Waals surface area contributed by atoms with Gasteiger partial charge in [0, 0.05) is 19.3 Å². The van der Waals surface area contributed by atoms with Crippen molar-refractivity contribution in [3.63, 3.8) is 0 Å². The summed E-state index contributed by atoms with van der Waals surface area (Å²) >= 11 is 0. The average molecular weight is 1160 g/mol. The number of hydrogen-bond donors (Lipinski definition) is 0. The van der Waals surface area contributed by atoms with Crippen LogP contribution in [0.2, 0.25) is 0 Å². The molecule has 0 aliphatic carbocycles. The van der Waals surface area contributed by atoms with E-state index in [9.17, 15) is 14.4 Å². The number of unbranched alkanes of at least 4 members (excludes halogenated alkanes) is 38. The lowest BCUT2D eigenvalue weighted by molar-refractivity contribution is -0.167. The minimum Gasteiger partial charge on any atom is -0.462 e. The molecule has 0 spiro atoms. The molecule has 0 fully saturated rings. The molecule has 0 N–H and O–H groups in total. The van der Waals surface area contributed by atoms with Crippen molar-refractivity contribution in [3.8, 4) is 0 Å². The molecule has 6 nitrogen and oxygen atoms in total. The highest BCUT2D eigenvalue weighted by molar-refractivity contribution is 5.71. The molecular weight excluding hydrogens is 1020 g/mol. The Labute approximate surface area is 515 Å². The van der Waals surface area contributed by atoms with Gasteiger partial charge < -0.3 is 14.2 Å². The molecule has 6 heteroatoms. The quantitative estimate of drug-likeness (QED) is 0.0261. The summed E-state index contributed by atoms with van der Waals surface area (Å²) in [6.07, 6.45) is 96.4. The van der Waals surface area contributed by atoms with E-state index in [0.29, 0.717) is 19.3 Å². The summed E-state index contributed by atoms with van der Waals surface area (Å²) in [5.74, 6) is -0.884. The molecule has 0 aliphatic heterocycles. The molecule has 478 valence electrons. The van der Waals surface area contributed by atoms with Gasteiger partial charge in [-0.1, -0.05) is 349 Å². The summed E-state index contributed by atoms with van der Waals surface area (Å²) in [5.41, 5.74) is 0. The SMILES string of the molecule is CC/C=C\C/C=C\C/C=C\C/C=C\C/C=C\C/C=C\C/C=C\C/C=C\CCCCCCCCCCC(=O)OCC(COC(=O)CCCCCCC)OC(=O)CCCCCCCCCCCCCCCCCCCCCCCCCCCCC. The first kappa shape index (κ1) is 79.3. The van der Waals surface area contributed by atoms with E-state index in [4.69, 9.17) is 14.2 Å². The molecule has 1 atom stereocenters. The molecule has 0 aromatic carbocycles. The average Bonchev–Trinajstić information content (AvgIpc) is 3.49. The molecule has 0 rings (SSSR count). The largest absolute Gasteiger partial charge is 0.462 e. The van der Waals surface area contributed by atoms with Gasteiger partial charge in [0.05, 0.1) is 0 Å². The molecule has 0 aliphatic rings. The van der Waals surface area contributed by atoms with Gasteiger partial charge in [0.1, 0.15) is 13.2 Å². The number of rotatable bonds is 65. The second kappa shape index (κ2) is 70.8. The number of ether oxygens (including phenoxy) is 3. The first-order valence-corrected chi connectivity index (χ1v) is 35.7. The van der Waals surface area contributed by atoms with Gasteiger partial charge >= 0.3 is 17.9 Å². The van der Waals surface area contributed by atoms with Crippen molar-refractivity contribution in [2.75, 3.05) is 13.2 Å². The topological polar surface area (TPSA) is 78.9 Å². The van der Waals surface area contributed by atoms with Gasteiger partial charge in [-0.25, -0.2) is 0 Å². The maximum atomic E-state index is 12.9. The summed E-state index contributed by atoms with van der Waals surface area (Å²) in [4.78, 5) is 38.0. The fraction of sp³-hybridized carbons (Fsp3) is 0.753. The summed E-state index contributed by atoms with van der Waals surface area (Å²) in [6, 6.07) is 0. The van der Waals surface area contributed by atoms with Crippen LogP contribution < -0.4 is 0 Å². The first-order valence-electron chi connectivity index (χ1n) is 35.7. The maximum absolute atomic E-state index is 12.9. The highest BCUT2D eigenvalue weighted by Crippen LogP contribution is 2.18. The van der Waals surface area contributed by atoms with Crippen LogP contribution in [-0.2, 0) is 28.6 Å². The van der Waals surface area contributed by atoms with Crippen molar-refractivity contribution in [2.45, 2.75) is 361 Å². The predicted molar refractivity (Wildman–Crippen MR) is 362 cm³/mol. The number of hydrogen-bond acceptors (Lipinski definition) is 6. The Balaban J connectivity index is 4.00. The van der Waals surface area contributed by atoms with Gasteiger partial charge in [0.15, 0.2) is 6.10 Å². The maximum Gasteiger partial charge on any atom is 0.306 e. The molecule has 0 bridgehead atoms. The fourth-order valence-electron chi connectivity index (χ4n) is 10.3. The van der Waals surface area contributed by atoms with Gasteiger partial charge in [-0.15, -0.1) is 0 Å². The molecule has 0 aromatic heterocycles.